The largest absolute Gasteiger partial charge is 0.317 e. The van der Waals surface area contributed by atoms with Crippen molar-refractivity contribution in [2.75, 3.05) is 13.1 Å². The molecule has 1 N–H and O–H groups in total. The number of hydrogen-bond acceptors (Lipinski definition) is 2. The number of nitrogens with one attached hydrogen (secondary N) is 1. The summed E-state index contributed by atoms with van der Waals surface area (Å²) in [5, 5.41) is 3.22. The normalized spacial score (nSPS) is 16.2. The number of halogens is 2. The summed E-state index contributed by atoms with van der Waals surface area (Å²) in [6, 6.07) is 0. The van der Waals surface area contributed by atoms with Gasteiger partial charge in [-0.05, 0) is 49.1 Å². The lowest BCUT2D eigenvalue weighted by atomic mass is 10.4. The van der Waals surface area contributed by atoms with Gasteiger partial charge in [-0.25, -0.2) is 0 Å². The Morgan fingerprint density at radius 1 is 1.22 bits per heavy atom. The van der Waals surface area contributed by atoms with E-state index in [1.165, 1.54) is 25.9 Å². The van der Waals surface area contributed by atoms with Gasteiger partial charge in [0.15, 0.2) is 0 Å². The molecule has 0 aliphatic carbocycles. The van der Waals surface area contributed by atoms with E-state index >= 15 is 0 Å². The molecule has 0 bridgehead atoms. The van der Waals surface area contributed by atoms with Crippen molar-refractivity contribution >= 4 is 27.9 Å². The molecule has 0 spiro atoms. The maximum Gasteiger partial charge on any atom is 0.313 e. The van der Waals surface area contributed by atoms with Gasteiger partial charge in [-0.1, -0.05) is 0 Å². The number of carbonyl (C=O) groups excluding carboxylic acids is 1. The monoisotopic (exact) mass is 169 g/mol. The molecule has 1 fully saturated rings. The first-order valence-corrected chi connectivity index (χ1v) is 3.55. The minimum atomic E-state index is -0.889. The van der Waals surface area contributed by atoms with E-state index in [-0.39, 0.29) is 0 Å². The first-order valence-electron chi connectivity index (χ1n) is 2.79. The molecule has 54 valence electrons. The van der Waals surface area contributed by atoms with Gasteiger partial charge in [0, 0.05) is 0 Å². The van der Waals surface area contributed by atoms with Crippen molar-refractivity contribution in [3.8, 4) is 0 Å². The van der Waals surface area contributed by atoms with Crippen LogP contribution >= 0.6 is 23.2 Å². The molecule has 1 heterocycles. The van der Waals surface area contributed by atoms with E-state index in [1.54, 1.807) is 0 Å². The molecule has 0 unspecified atom stereocenters. The molecule has 0 amide bonds. The molecule has 1 aliphatic rings. The quantitative estimate of drug-likeness (QED) is 0.563. The average Bonchev–Trinajstić information content (AvgIpc) is 2.11. The van der Waals surface area contributed by atoms with Crippen molar-refractivity contribution in [1.82, 2.24) is 5.32 Å². The van der Waals surface area contributed by atoms with E-state index in [2.05, 4.69) is 28.5 Å². The summed E-state index contributed by atoms with van der Waals surface area (Å²) < 4.78 is -0.889. The Morgan fingerprint density at radius 2 is 1.56 bits per heavy atom. The molecule has 9 heavy (non-hydrogen) atoms. The summed E-state index contributed by atoms with van der Waals surface area (Å²) in [5.74, 6) is 0. The maximum absolute atomic E-state index is 8.98. The van der Waals surface area contributed by atoms with Crippen molar-refractivity contribution in [2.45, 2.75) is 12.8 Å². The van der Waals surface area contributed by atoms with Gasteiger partial charge < -0.3 is 5.32 Å². The molecule has 1 rings (SSSR count). The molecule has 1 saturated heterocycles. The third-order valence-electron chi connectivity index (χ3n) is 0.957. The molecular formula is C5H9Cl2NO. The molecule has 4 heteroatoms. The van der Waals surface area contributed by atoms with E-state index < -0.39 is 4.70 Å². The Kier molecular flexibility index (Phi) is 6.48. The molecule has 0 saturated carbocycles. The minimum Gasteiger partial charge on any atom is -0.317 e. The van der Waals surface area contributed by atoms with Crippen LogP contribution in [-0.4, -0.2) is 17.8 Å². The SMILES string of the molecule is C1CCNC1.O=C(Cl)Cl. The topological polar surface area (TPSA) is 29.1 Å². The summed E-state index contributed by atoms with van der Waals surface area (Å²) >= 11 is 8.80. The van der Waals surface area contributed by atoms with Crippen LogP contribution in [-0.2, 0) is 0 Å². The van der Waals surface area contributed by atoms with Crippen LogP contribution in [0.3, 0.4) is 0 Å². The standard InChI is InChI=1S/C4H9N.CCl2O/c1-2-4-5-3-1;2-1(3)4/h5H,1-4H2;. The lowest BCUT2D eigenvalue weighted by Crippen LogP contribution is -2.03. The van der Waals surface area contributed by atoms with Crippen molar-refractivity contribution in [2.24, 2.45) is 0 Å². The first-order chi connectivity index (χ1) is 4.23. The van der Waals surface area contributed by atoms with Crippen LogP contribution < -0.4 is 5.32 Å². The highest BCUT2D eigenvalue weighted by atomic mass is 35.5. The van der Waals surface area contributed by atoms with Crippen molar-refractivity contribution in [3.63, 3.8) is 0 Å². The Bertz CT molecular complexity index is 71.4. The Balaban J connectivity index is 0.000000148. The van der Waals surface area contributed by atoms with Crippen LogP contribution in [0.4, 0.5) is 4.79 Å². The van der Waals surface area contributed by atoms with Crippen LogP contribution in [0.1, 0.15) is 12.8 Å². The van der Waals surface area contributed by atoms with Gasteiger partial charge in [-0.15, -0.1) is 0 Å². The zero-order chi connectivity index (χ0) is 7.11. The van der Waals surface area contributed by atoms with Crippen LogP contribution in [0, 0.1) is 0 Å². The Labute approximate surface area is 64.5 Å². The Morgan fingerprint density at radius 3 is 1.67 bits per heavy atom. The lowest BCUT2D eigenvalue weighted by molar-refractivity contribution is 0.275. The van der Waals surface area contributed by atoms with Crippen molar-refractivity contribution in [3.05, 3.63) is 0 Å². The van der Waals surface area contributed by atoms with E-state index in [0.717, 1.165) is 0 Å². The van der Waals surface area contributed by atoms with Crippen molar-refractivity contribution < 1.29 is 4.79 Å². The Hall–Kier alpha value is 0.210. The summed E-state index contributed by atoms with van der Waals surface area (Å²) in [6.07, 6.45) is 2.78. The zero-order valence-electron chi connectivity index (χ0n) is 4.99. The molecule has 0 aromatic rings. The fraction of sp³-hybridized carbons (Fsp3) is 0.800. The fourth-order valence-corrected chi connectivity index (χ4v) is 0.625. The lowest BCUT2D eigenvalue weighted by Gasteiger charge is -1.76. The number of hydrogen-bond donors (Lipinski definition) is 1. The second-order valence-electron chi connectivity index (χ2n) is 1.68. The maximum atomic E-state index is 8.98. The predicted octanol–water partition coefficient (Wildman–Crippen LogP) is 1.95. The van der Waals surface area contributed by atoms with E-state index in [9.17, 15) is 0 Å². The summed E-state index contributed by atoms with van der Waals surface area (Å²) in [4.78, 5) is 8.98. The van der Waals surface area contributed by atoms with Gasteiger partial charge in [0.2, 0.25) is 0 Å². The molecule has 1 aliphatic heterocycles. The summed E-state index contributed by atoms with van der Waals surface area (Å²) in [5.41, 5.74) is 0. The van der Waals surface area contributed by atoms with Gasteiger partial charge in [0.1, 0.15) is 0 Å². The second kappa shape index (κ2) is 6.33. The number of carbonyl (C=O) groups is 1. The van der Waals surface area contributed by atoms with Crippen LogP contribution in [0.15, 0.2) is 0 Å². The van der Waals surface area contributed by atoms with Crippen LogP contribution in [0.25, 0.3) is 0 Å². The average molecular weight is 170 g/mol. The first kappa shape index (κ1) is 9.21. The molecule has 0 atom stereocenters. The zero-order valence-corrected chi connectivity index (χ0v) is 6.50. The van der Waals surface area contributed by atoms with Crippen LogP contribution in [0.2, 0.25) is 0 Å². The molecule has 0 aromatic carbocycles. The highest BCUT2D eigenvalue weighted by Gasteiger charge is 1.93. The molecular weight excluding hydrogens is 161 g/mol. The van der Waals surface area contributed by atoms with Crippen LogP contribution in [0.5, 0.6) is 0 Å². The van der Waals surface area contributed by atoms with Crippen molar-refractivity contribution in [1.29, 1.82) is 0 Å². The smallest absolute Gasteiger partial charge is 0.313 e. The molecule has 0 radical (unpaired) electrons. The predicted molar refractivity (Wildman–Crippen MR) is 39.2 cm³/mol. The van der Waals surface area contributed by atoms with Gasteiger partial charge in [0.25, 0.3) is 0 Å². The second-order valence-corrected chi connectivity index (χ2v) is 2.56. The fourth-order valence-electron chi connectivity index (χ4n) is 0.625. The van der Waals surface area contributed by atoms with E-state index in [4.69, 9.17) is 4.79 Å². The third kappa shape index (κ3) is 11.7. The van der Waals surface area contributed by atoms with Gasteiger partial charge >= 0.3 is 4.70 Å². The summed E-state index contributed by atoms with van der Waals surface area (Å²) in [6.45, 7) is 2.50. The third-order valence-corrected chi connectivity index (χ3v) is 0.957. The molecule has 0 aromatic heterocycles. The molecule has 2 nitrogen and oxygen atoms in total. The summed E-state index contributed by atoms with van der Waals surface area (Å²) in [7, 11) is 0. The number of rotatable bonds is 0. The highest BCUT2D eigenvalue weighted by Crippen LogP contribution is 1.90. The van der Waals surface area contributed by atoms with E-state index in [0.29, 0.717) is 0 Å². The van der Waals surface area contributed by atoms with E-state index in [1.807, 2.05) is 0 Å². The highest BCUT2D eigenvalue weighted by molar-refractivity contribution is 6.93. The van der Waals surface area contributed by atoms with Gasteiger partial charge in [-0.3, -0.25) is 4.79 Å². The minimum absolute atomic E-state index is 0.889. The van der Waals surface area contributed by atoms with Gasteiger partial charge in [-0.2, -0.15) is 0 Å². The van der Waals surface area contributed by atoms with Gasteiger partial charge in [0.05, 0.1) is 0 Å².